The molecule has 1 aromatic carbocycles. The smallest absolute Gasteiger partial charge is 0.405 e. The van der Waals surface area contributed by atoms with Gasteiger partial charge < -0.3 is 9.47 Å². The van der Waals surface area contributed by atoms with E-state index in [1.807, 2.05) is 0 Å². The zero-order valence-electron chi connectivity index (χ0n) is 13.5. The minimum atomic E-state index is -4.37. The number of hydrogen-bond donors (Lipinski definition) is 3. The van der Waals surface area contributed by atoms with Crippen LogP contribution in [0.3, 0.4) is 0 Å². The maximum Gasteiger partial charge on any atom is 0.405 e. The molecule has 0 saturated carbocycles. The van der Waals surface area contributed by atoms with E-state index in [4.69, 9.17) is 9.47 Å². The molecule has 146 valence electrons. The molecule has 0 aliphatic carbocycles. The van der Waals surface area contributed by atoms with E-state index in [0.29, 0.717) is 22.1 Å². The van der Waals surface area contributed by atoms with Crippen LogP contribution in [0.25, 0.3) is 0 Å². The van der Waals surface area contributed by atoms with Crippen LogP contribution >= 0.6 is 11.3 Å². The van der Waals surface area contributed by atoms with Gasteiger partial charge >= 0.3 is 6.18 Å². The first-order valence-corrected chi connectivity index (χ1v) is 10.1. The molecule has 0 bridgehead atoms. The molecule has 2 aliphatic heterocycles. The largest absolute Gasteiger partial charge is 0.454 e. The van der Waals surface area contributed by atoms with Crippen LogP contribution in [0, 0.1) is 0 Å². The molecule has 4 rings (SSSR count). The SMILES string of the molecule is O=S(=O)(Nc1ccc2c(c1)OCO2)c1ccc(C2CC(C(F)(F)F)NN2)s1. The quantitative estimate of drug-likeness (QED) is 0.704. The molecule has 1 aromatic heterocycles. The highest BCUT2D eigenvalue weighted by Crippen LogP contribution is 2.37. The molecular weight excluding hydrogens is 407 g/mol. The van der Waals surface area contributed by atoms with E-state index in [-0.39, 0.29) is 17.4 Å². The second kappa shape index (κ2) is 6.55. The van der Waals surface area contributed by atoms with Gasteiger partial charge in [-0.25, -0.2) is 19.3 Å². The summed E-state index contributed by atoms with van der Waals surface area (Å²) >= 11 is 0.918. The van der Waals surface area contributed by atoms with E-state index in [1.165, 1.54) is 24.3 Å². The number of halogens is 3. The number of hydrogen-bond acceptors (Lipinski definition) is 7. The Balaban J connectivity index is 1.49. The molecule has 3 N–H and O–H groups in total. The van der Waals surface area contributed by atoms with Crippen molar-refractivity contribution in [3.63, 3.8) is 0 Å². The van der Waals surface area contributed by atoms with Crippen LogP contribution in [0.2, 0.25) is 0 Å². The number of hydrazine groups is 1. The minimum absolute atomic E-state index is 0.00688. The van der Waals surface area contributed by atoms with Crippen LogP contribution in [-0.4, -0.2) is 27.4 Å². The van der Waals surface area contributed by atoms with Gasteiger partial charge in [0.15, 0.2) is 11.5 Å². The molecule has 2 aromatic rings. The molecule has 0 spiro atoms. The highest BCUT2D eigenvalue weighted by atomic mass is 32.2. The molecule has 2 aliphatic rings. The topological polar surface area (TPSA) is 88.7 Å². The molecule has 2 atom stereocenters. The van der Waals surface area contributed by atoms with Crippen molar-refractivity contribution in [2.45, 2.75) is 28.9 Å². The van der Waals surface area contributed by atoms with Crippen LogP contribution in [0.15, 0.2) is 34.5 Å². The zero-order chi connectivity index (χ0) is 19.2. The molecule has 1 saturated heterocycles. The van der Waals surface area contributed by atoms with Crippen molar-refractivity contribution in [1.82, 2.24) is 10.9 Å². The third kappa shape index (κ3) is 3.70. The fraction of sp³-hybridized carbons (Fsp3) is 0.333. The molecule has 7 nitrogen and oxygen atoms in total. The average Bonchev–Trinajstić information content (AvgIpc) is 3.32. The Morgan fingerprint density at radius 1 is 1.11 bits per heavy atom. The average molecular weight is 421 g/mol. The molecule has 3 heterocycles. The summed E-state index contributed by atoms with van der Waals surface area (Å²) in [6, 6.07) is 5.23. The molecule has 0 radical (unpaired) electrons. The fourth-order valence-electron chi connectivity index (χ4n) is 2.79. The lowest BCUT2D eigenvalue weighted by Crippen LogP contribution is -2.40. The highest BCUT2D eigenvalue weighted by Gasteiger charge is 2.44. The van der Waals surface area contributed by atoms with Gasteiger partial charge in [-0.1, -0.05) is 0 Å². The number of nitrogens with one attached hydrogen (secondary N) is 3. The summed E-state index contributed by atoms with van der Waals surface area (Å²) in [5.41, 5.74) is 5.06. The van der Waals surface area contributed by atoms with Crippen molar-refractivity contribution in [2.75, 3.05) is 11.5 Å². The number of ether oxygens (including phenoxy) is 2. The lowest BCUT2D eigenvalue weighted by Gasteiger charge is -2.12. The lowest BCUT2D eigenvalue weighted by molar-refractivity contribution is -0.153. The van der Waals surface area contributed by atoms with Gasteiger partial charge in [0.1, 0.15) is 10.3 Å². The van der Waals surface area contributed by atoms with Crippen LogP contribution in [-0.2, 0) is 10.0 Å². The Hall–Kier alpha value is -2.02. The summed E-state index contributed by atoms with van der Waals surface area (Å²) in [6.45, 7) is 0.0706. The van der Waals surface area contributed by atoms with E-state index in [1.54, 1.807) is 6.07 Å². The standard InChI is InChI=1S/C15H14F3N3O4S2/c16-15(17,18)13-6-9(19-20-13)12-3-4-14(26-12)27(22,23)21-8-1-2-10-11(5-8)25-7-24-10/h1-5,9,13,19-21H,6-7H2. The van der Waals surface area contributed by atoms with Crippen molar-refractivity contribution in [3.05, 3.63) is 35.2 Å². The monoisotopic (exact) mass is 421 g/mol. The van der Waals surface area contributed by atoms with E-state index in [0.717, 1.165) is 11.3 Å². The number of rotatable bonds is 4. The molecule has 12 heteroatoms. The minimum Gasteiger partial charge on any atom is -0.454 e. The second-order valence-corrected chi connectivity index (χ2v) is 9.03. The van der Waals surface area contributed by atoms with Crippen molar-refractivity contribution < 1.29 is 31.1 Å². The normalized spacial score (nSPS) is 22.2. The van der Waals surface area contributed by atoms with Crippen LogP contribution in [0.5, 0.6) is 11.5 Å². The second-order valence-electron chi connectivity index (χ2n) is 6.00. The van der Waals surface area contributed by atoms with Gasteiger partial charge in [-0.15, -0.1) is 11.3 Å². The Morgan fingerprint density at radius 2 is 1.89 bits per heavy atom. The summed E-state index contributed by atoms with van der Waals surface area (Å²) in [4.78, 5) is 0.500. The maximum absolute atomic E-state index is 12.8. The maximum atomic E-state index is 12.8. The van der Waals surface area contributed by atoms with E-state index in [2.05, 4.69) is 15.6 Å². The van der Waals surface area contributed by atoms with Crippen molar-refractivity contribution in [2.24, 2.45) is 0 Å². The van der Waals surface area contributed by atoms with Gasteiger partial charge in [0.05, 0.1) is 11.7 Å². The van der Waals surface area contributed by atoms with Crippen molar-refractivity contribution in [1.29, 1.82) is 0 Å². The first-order valence-electron chi connectivity index (χ1n) is 7.82. The number of thiophene rings is 1. The molecular formula is C15H14F3N3O4S2. The third-order valence-electron chi connectivity index (χ3n) is 4.13. The lowest BCUT2D eigenvalue weighted by atomic mass is 10.1. The first kappa shape index (κ1) is 18.3. The summed E-state index contributed by atoms with van der Waals surface area (Å²) in [5, 5.41) is 0. The molecule has 0 amide bonds. The third-order valence-corrected chi connectivity index (χ3v) is 7.21. The van der Waals surface area contributed by atoms with Gasteiger partial charge in [-0.3, -0.25) is 4.72 Å². The van der Waals surface area contributed by atoms with Crippen LogP contribution < -0.4 is 25.0 Å². The summed E-state index contributed by atoms with van der Waals surface area (Å²) < 4.78 is 76.2. The number of benzene rings is 1. The first-order chi connectivity index (χ1) is 12.7. The predicted molar refractivity (Wildman–Crippen MR) is 91.2 cm³/mol. The molecule has 27 heavy (non-hydrogen) atoms. The predicted octanol–water partition coefficient (Wildman–Crippen LogP) is 2.75. The highest BCUT2D eigenvalue weighted by molar-refractivity contribution is 7.94. The van der Waals surface area contributed by atoms with Crippen LogP contribution in [0.1, 0.15) is 17.3 Å². The Kier molecular flexibility index (Phi) is 4.45. The Bertz CT molecular complexity index is 961. The summed E-state index contributed by atoms with van der Waals surface area (Å²) in [7, 11) is -3.88. The van der Waals surface area contributed by atoms with E-state index in [9.17, 15) is 21.6 Å². The van der Waals surface area contributed by atoms with Gasteiger partial charge in [0.2, 0.25) is 6.79 Å². The van der Waals surface area contributed by atoms with Gasteiger partial charge in [0.25, 0.3) is 10.0 Å². The summed E-state index contributed by atoms with van der Waals surface area (Å²) in [5.74, 6) is 0.955. The van der Waals surface area contributed by atoms with Gasteiger partial charge in [-0.2, -0.15) is 13.2 Å². The number of sulfonamides is 1. The number of fused-ring (bicyclic) bond motifs is 1. The van der Waals surface area contributed by atoms with E-state index >= 15 is 0 Å². The zero-order valence-corrected chi connectivity index (χ0v) is 15.2. The summed E-state index contributed by atoms with van der Waals surface area (Å²) in [6.07, 6.45) is -4.58. The van der Waals surface area contributed by atoms with E-state index < -0.39 is 28.3 Å². The van der Waals surface area contributed by atoms with Crippen molar-refractivity contribution in [3.8, 4) is 11.5 Å². The molecule has 1 fully saturated rings. The van der Waals surface area contributed by atoms with Crippen LogP contribution in [0.4, 0.5) is 18.9 Å². The number of alkyl halides is 3. The Morgan fingerprint density at radius 3 is 2.63 bits per heavy atom. The molecule has 2 unspecified atom stereocenters. The van der Waals surface area contributed by atoms with Gasteiger partial charge in [0, 0.05) is 10.9 Å². The fourth-order valence-corrected chi connectivity index (χ4v) is 5.23. The van der Waals surface area contributed by atoms with Crippen molar-refractivity contribution >= 4 is 27.0 Å². The number of anilines is 1. The van der Waals surface area contributed by atoms with Gasteiger partial charge in [-0.05, 0) is 30.7 Å². The Labute approximate surface area is 156 Å².